The van der Waals surface area contributed by atoms with E-state index in [2.05, 4.69) is 40.5 Å². The Balaban J connectivity index is 1.40. The number of nitrogens with zero attached hydrogens (tertiary/aromatic N) is 1. The molecule has 1 aliphatic heterocycles. The number of H-pyrrole nitrogens is 1. The molecule has 0 amide bonds. The van der Waals surface area contributed by atoms with E-state index in [0.29, 0.717) is 13.2 Å². The highest BCUT2D eigenvalue weighted by Gasteiger charge is 2.13. The van der Waals surface area contributed by atoms with Crippen LogP contribution in [0.2, 0.25) is 5.02 Å². The van der Waals surface area contributed by atoms with Crippen molar-refractivity contribution < 1.29 is 9.47 Å². The largest absolute Gasteiger partial charge is 0.486 e. The third-order valence-corrected chi connectivity index (χ3v) is 5.98. The highest BCUT2D eigenvalue weighted by Crippen LogP contribution is 2.37. The number of hydrogen-bond donors (Lipinski definition) is 1. The van der Waals surface area contributed by atoms with Crippen LogP contribution >= 0.6 is 23.4 Å². The lowest BCUT2D eigenvalue weighted by Crippen LogP contribution is -2.15. The van der Waals surface area contributed by atoms with E-state index in [1.54, 1.807) is 11.8 Å². The average molecular weight is 421 g/mol. The van der Waals surface area contributed by atoms with Crippen LogP contribution in [0.15, 0.2) is 82.7 Å². The number of nitrogens with one attached hydrogen (secondary N) is 1. The molecule has 6 heteroatoms. The maximum absolute atomic E-state index is 5.98. The standard InChI is InChI=1S/C23H17ClN2O2S/c24-18-6-8-19(9-7-18)29-22-14-25-26-23(22)16-3-1-15(2-4-16)17-5-10-20-21(13-17)28-12-11-27-20/h1-10,13-14H,11-12H2,(H,25,26). The van der Waals surface area contributed by atoms with Gasteiger partial charge in [0.1, 0.15) is 13.2 Å². The van der Waals surface area contributed by atoms with Crippen molar-refractivity contribution in [2.24, 2.45) is 0 Å². The summed E-state index contributed by atoms with van der Waals surface area (Å²) in [6.07, 6.45) is 1.85. The molecule has 1 N–H and O–H groups in total. The number of aromatic nitrogens is 2. The fourth-order valence-corrected chi connectivity index (χ4v) is 4.26. The molecule has 0 aliphatic carbocycles. The molecule has 1 aromatic heterocycles. The van der Waals surface area contributed by atoms with Gasteiger partial charge in [-0.2, -0.15) is 5.10 Å². The van der Waals surface area contributed by atoms with E-state index in [1.807, 2.05) is 42.6 Å². The van der Waals surface area contributed by atoms with Crippen molar-refractivity contribution in [3.63, 3.8) is 0 Å². The number of halogens is 1. The van der Waals surface area contributed by atoms with Gasteiger partial charge in [0.2, 0.25) is 0 Å². The minimum atomic E-state index is 0.587. The summed E-state index contributed by atoms with van der Waals surface area (Å²) in [4.78, 5) is 2.18. The van der Waals surface area contributed by atoms with Gasteiger partial charge in [-0.3, -0.25) is 5.10 Å². The molecule has 3 aromatic carbocycles. The summed E-state index contributed by atoms with van der Waals surface area (Å²) < 4.78 is 11.3. The summed E-state index contributed by atoms with van der Waals surface area (Å²) >= 11 is 7.64. The quantitative estimate of drug-likeness (QED) is 0.419. The molecule has 5 rings (SSSR count). The zero-order valence-corrected chi connectivity index (χ0v) is 17.0. The van der Waals surface area contributed by atoms with Crippen LogP contribution in [0.3, 0.4) is 0 Å². The first kappa shape index (κ1) is 18.2. The number of rotatable bonds is 4. The van der Waals surface area contributed by atoms with Gasteiger partial charge >= 0.3 is 0 Å². The molecule has 2 heterocycles. The van der Waals surface area contributed by atoms with E-state index in [1.165, 1.54) is 0 Å². The van der Waals surface area contributed by atoms with Crippen molar-refractivity contribution >= 4 is 23.4 Å². The molecule has 0 saturated carbocycles. The summed E-state index contributed by atoms with van der Waals surface area (Å²) in [5.41, 5.74) is 4.30. The van der Waals surface area contributed by atoms with Crippen molar-refractivity contribution in [1.82, 2.24) is 10.2 Å². The van der Waals surface area contributed by atoms with E-state index >= 15 is 0 Å². The fourth-order valence-electron chi connectivity index (χ4n) is 3.24. The molecular formula is C23H17ClN2O2S. The van der Waals surface area contributed by atoms with Crippen molar-refractivity contribution in [1.29, 1.82) is 0 Å². The molecule has 0 bridgehead atoms. The van der Waals surface area contributed by atoms with Crippen LogP contribution in [0.1, 0.15) is 0 Å². The molecule has 0 fully saturated rings. The number of ether oxygens (including phenoxy) is 2. The molecule has 1 aliphatic rings. The van der Waals surface area contributed by atoms with Gasteiger partial charge in [-0.25, -0.2) is 0 Å². The number of benzene rings is 3. The Morgan fingerprint density at radius 1 is 0.793 bits per heavy atom. The fraction of sp³-hybridized carbons (Fsp3) is 0.0870. The SMILES string of the molecule is Clc1ccc(Sc2cn[nH]c2-c2ccc(-c3ccc4c(c3)OCCO4)cc2)cc1. The zero-order valence-electron chi connectivity index (χ0n) is 15.4. The van der Waals surface area contributed by atoms with E-state index in [-0.39, 0.29) is 0 Å². The summed E-state index contributed by atoms with van der Waals surface area (Å²) in [6.45, 7) is 1.19. The molecule has 0 unspecified atom stereocenters. The van der Waals surface area contributed by atoms with Crippen LogP contribution in [0.4, 0.5) is 0 Å². The molecular weight excluding hydrogens is 404 g/mol. The summed E-state index contributed by atoms with van der Waals surface area (Å²) in [7, 11) is 0. The zero-order chi connectivity index (χ0) is 19.6. The van der Waals surface area contributed by atoms with E-state index < -0.39 is 0 Å². The van der Waals surface area contributed by atoms with Crippen molar-refractivity contribution in [3.05, 3.63) is 77.9 Å². The van der Waals surface area contributed by atoms with Crippen LogP contribution < -0.4 is 9.47 Å². The van der Waals surface area contributed by atoms with E-state index in [9.17, 15) is 0 Å². The van der Waals surface area contributed by atoms with Gasteiger partial charge in [-0.15, -0.1) is 0 Å². The Morgan fingerprint density at radius 2 is 1.48 bits per heavy atom. The number of fused-ring (bicyclic) bond motifs is 1. The van der Waals surface area contributed by atoms with Crippen LogP contribution in [-0.4, -0.2) is 23.4 Å². The molecule has 144 valence electrons. The van der Waals surface area contributed by atoms with Gasteiger partial charge in [0.15, 0.2) is 11.5 Å². The van der Waals surface area contributed by atoms with Crippen molar-refractivity contribution in [2.75, 3.05) is 13.2 Å². The Labute approximate surface area is 177 Å². The highest BCUT2D eigenvalue weighted by molar-refractivity contribution is 7.99. The smallest absolute Gasteiger partial charge is 0.161 e. The Kier molecular flexibility index (Phi) is 4.92. The second kappa shape index (κ2) is 7.85. The van der Waals surface area contributed by atoms with Gasteiger partial charge in [-0.1, -0.05) is 53.7 Å². The maximum atomic E-state index is 5.98. The highest BCUT2D eigenvalue weighted by atomic mass is 35.5. The van der Waals surface area contributed by atoms with Crippen LogP contribution in [0, 0.1) is 0 Å². The number of hydrogen-bond acceptors (Lipinski definition) is 4. The predicted octanol–water partition coefficient (Wildman–Crippen LogP) is 6.32. The van der Waals surface area contributed by atoms with E-state index in [0.717, 1.165) is 48.7 Å². The average Bonchev–Trinajstić information content (AvgIpc) is 3.23. The topological polar surface area (TPSA) is 47.1 Å². The van der Waals surface area contributed by atoms with Crippen molar-refractivity contribution in [3.8, 4) is 33.9 Å². The Bertz CT molecular complexity index is 1140. The predicted molar refractivity (Wildman–Crippen MR) is 116 cm³/mol. The van der Waals surface area contributed by atoms with Crippen LogP contribution in [0.25, 0.3) is 22.4 Å². The first-order chi connectivity index (χ1) is 14.3. The van der Waals surface area contributed by atoms with Crippen molar-refractivity contribution in [2.45, 2.75) is 9.79 Å². The molecule has 0 spiro atoms. The normalized spacial score (nSPS) is 12.7. The van der Waals surface area contributed by atoms with Gasteiger partial charge in [-0.05, 0) is 47.5 Å². The molecule has 0 saturated heterocycles. The number of aromatic amines is 1. The Hall–Kier alpha value is -2.89. The maximum Gasteiger partial charge on any atom is 0.161 e. The van der Waals surface area contributed by atoms with Gasteiger partial charge in [0, 0.05) is 15.5 Å². The van der Waals surface area contributed by atoms with Crippen LogP contribution in [-0.2, 0) is 0 Å². The minimum absolute atomic E-state index is 0.587. The lowest BCUT2D eigenvalue weighted by Gasteiger charge is -2.19. The lowest BCUT2D eigenvalue weighted by atomic mass is 10.0. The van der Waals surface area contributed by atoms with Gasteiger partial charge < -0.3 is 9.47 Å². The van der Waals surface area contributed by atoms with E-state index in [4.69, 9.17) is 21.1 Å². The third-order valence-electron chi connectivity index (χ3n) is 4.70. The first-order valence-electron chi connectivity index (χ1n) is 9.23. The van der Waals surface area contributed by atoms with Gasteiger partial charge in [0.25, 0.3) is 0 Å². The third kappa shape index (κ3) is 3.84. The second-order valence-corrected chi connectivity index (χ2v) is 8.15. The summed E-state index contributed by atoms with van der Waals surface area (Å²) in [5, 5.41) is 8.09. The van der Waals surface area contributed by atoms with Crippen LogP contribution in [0.5, 0.6) is 11.5 Å². The first-order valence-corrected chi connectivity index (χ1v) is 10.4. The monoisotopic (exact) mass is 420 g/mol. The molecule has 4 aromatic rings. The summed E-state index contributed by atoms with van der Waals surface area (Å²) in [5.74, 6) is 1.60. The minimum Gasteiger partial charge on any atom is -0.486 e. The Morgan fingerprint density at radius 3 is 2.28 bits per heavy atom. The lowest BCUT2D eigenvalue weighted by molar-refractivity contribution is 0.171. The molecule has 0 radical (unpaired) electrons. The van der Waals surface area contributed by atoms with Gasteiger partial charge in [0.05, 0.1) is 16.8 Å². The molecule has 4 nitrogen and oxygen atoms in total. The molecule has 0 atom stereocenters. The second-order valence-electron chi connectivity index (χ2n) is 6.60. The summed E-state index contributed by atoms with van der Waals surface area (Å²) in [6, 6.07) is 22.3. The molecule has 29 heavy (non-hydrogen) atoms.